The molecule has 0 aliphatic carbocycles. The van der Waals surface area contributed by atoms with Crippen molar-refractivity contribution in [1.29, 1.82) is 0 Å². The van der Waals surface area contributed by atoms with Gasteiger partial charge in [0.1, 0.15) is 5.75 Å². The number of aryl methyl sites for hydroxylation is 1. The number of nitrogens with zero attached hydrogens (tertiary/aromatic N) is 2. The molecule has 120 valence electrons. The van der Waals surface area contributed by atoms with Crippen molar-refractivity contribution in [1.82, 2.24) is 4.57 Å². The van der Waals surface area contributed by atoms with Gasteiger partial charge >= 0.3 is 0 Å². The van der Waals surface area contributed by atoms with E-state index in [4.69, 9.17) is 4.74 Å². The lowest BCUT2D eigenvalue weighted by Gasteiger charge is -2.02. The third-order valence-corrected chi connectivity index (χ3v) is 5.92. The molecule has 0 unspecified atom stereocenters. The summed E-state index contributed by atoms with van der Waals surface area (Å²) in [5, 5.41) is 0. The van der Waals surface area contributed by atoms with Crippen molar-refractivity contribution in [2.75, 3.05) is 7.11 Å². The Balaban J connectivity index is 2.16. The van der Waals surface area contributed by atoms with Gasteiger partial charge in [-0.2, -0.15) is 8.42 Å². The first-order chi connectivity index (χ1) is 11.0. The number of benzene rings is 2. The fourth-order valence-corrected chi connectivity index (χ4v) is 4.60. The molecule has 0 fully saturated rings. The van der Waals surface area contributed by atoms with Crippen LogP contribution in [0.3, 0.4) is 0 Å². The summed E-state index contributed by atoms with van der Waals surface area (Å²) in [6.45, 7) is 2.62. The summed E-state index contributed by atoms with van der Waals surface area (Å²) in [6, 6.07) is 14.0. The van der Waals surface area contributed by atoms with Crippen LogP contribution in [0.25, 0.3) is 10.2 Å². The number of aromatic nitrogens is 1. The Kier molecular flexibility index (Phi) is 4.23. The van der Waals surface area contributed by atoms with E-state index in [2.05, 4.69) is 4.40 Å². The highest BCUT2D eigenvalue weighted by molar-refractivity contribution is 7.90. The maximum Gasteiger partial charge on any atom is 0.285 e. The number of thiazole rings is 1. The van der Waals surface area contributed by atoms with Crippen LogP contribution in [0.5, 0.6) is 5.75 Å². The van der Waals surface area contributed by atoms with Gasteiger partial charge in [0, 0.05) is 6.54 Å². The van der Waals surface area contributed by atoms with Crippen molar-refractivity contribution in [2.24, 2.45) is 4.40 Å². The van der Waals surface area contributed by atoms with Crippen LogP contribution in [0.4, 0.5) is 0 Å². The molecule has 0 N–H and O–H groups in total. The van der Waals surface area contributed by atoms with E-state index in [1.54, 1.807) is 12.1 Å². The first-order valence-electron chi connectivity index (χ1n) is 7.08. The highest BCUT2D eigenvalue weighted by Gasteiger charge is 2.14. The Hall–Kier alpha value is -2.12. The second-order valence-corrected chi connectivity index (χ2v) is 7.45. The zero-order chi connectivity index (χ0) is 16.4. The Morgan fingerprint density at radius 3 is 2.48 bits per heavy atom. The molecule has 5 nitrogen and oxygen atoms in total. The molecule has 7 heteroatoms. The molecule has 0 atom stereocenters. The second-order valence-electron chi connectivity index (χ2n) is 4.84. The predicted molar refractivity (Wildman–Crippen MR) is 91.2 cm³/mol. The van der Waals surface area contributed by atoms with Gasteiger partial charge < -0.3 is 9.30 Å². The van der Waals surface area contributed by atoms with Gasteiger partial charge in [0.2, 0.25) is 4.80 Å². The van der Waals surface area contributed by atoms with Gasteiger partial charge in [0.05, 0.1) is 22.2 Å². The van der Waals surface area contributed by atoms with Crippen LogP contribution in [0, 0.1) is 0 Å². The predicted octanol–water partition coefficient (Wildman–Crippen LogP) is 3.02. The maximum atomic E-state index is 12.5. The Morgan fingerprint density at radius 1 is 1.13 bits per heavy atom. The lowest BCUT2D eigenvalue weighted by Crippen LogP contribution is -2.16. The van der Waals surface area contributed by atoms with Crippen molar-refractivity contribution in [3.63, 3.8) is 0 Å². The topological polar surface area (TPSA) is 60.7 Å². The molecule has 0 aliphatic rings. The second kappa shape index (κ2) is 6.17. The Labute approximate surface area is 138 Å². The van der Waals surface area contributed by atoms with E-state index in [1.165, 1.54) is 30.6 Å². The molecule has 0 amide bonds. The van der Waals surface area contributed by atoms with Crippen molar-refractivity contribution < 1.29 is 13.2 Å². The van der Waals surface area contributed by atoms with Crippen molar-refractivity contribution in [3.8, 4) is 5.75 Å². The van der Waals surface area contributed by atoms with Crippen LogP contribution in [-0.2, 0) is 16.6 Å². The molecular formula is C16H16N2O3S2. The van der Waals surface area contributed by atoms with Crippen LogP contribution >= 0.6 is 11.3 Å². The van der Waals surface area contributed by atoms with Gasteiger partial charge in [-0.25, -0.2) is 0 Å². The van der Waals surface area contributed by atoms with Crippen LogP contribution in [-0.4, -0.2) is 20.1 Å². The van der Waals surface area contributed by atoms with Gasteiger partial charge in [-0.05, 0) is 43.3 Å². The number of methoxy groups -OCH3 is 1. The molecule has 0 saturated carbocycles. The summed E-state index contributed by atoms with van der Waals surface area (Å²) < 4.78 is 37.1. The lowest BCUT2D eigenvalue weighted by molar-refractivity contribution is 0.414. The standard InChI is InChI=1S/C16H16N2O3S2/c1-3-18-14-6-4-5-7-15(14)22-16(18)17-23(19,20)13-10-8-12(21-2)9-11-13/h4-11H,3H2,1-2H3. The number of rotatable bonds is 4. The molecule has 23 heavy (non-hydrogen) atoms. The van der Waals surface area contributed by atoms with Gasteiger partial charge in [0.25, 0.3) is 10.0 Å². The lowest BCUT2D eigenvalue weighted by atomic mass is 10.3. The average molecular weight is 348 g/mol. The largest absolute Gasteiger partial charge is 0.497 e. The molecule has 3 rings (SSSR count). The van der Waals surface area contributed by atoms with E-state index in [9.17, 15) is 8.42 Å². The monoisotopic (exact) mass is 348 g/mol. The number of sulfonamides is 1. The summed E-state index contributed by atoms with van der Waals surface area (Å²) in [5.74, 6) is 0.606. The quantitative estimate of drug-likeness (QED) is 0.728. The normalized spacial score (nSPS) is 12.7. The molecule has 0 radical (unpaired) electrons. The number of hydrogen-bond donors (Lipinski definition) is 0. The number of fused-ring (bicyclic) bond motifs is 1. The van der Waals surface area contributed by atoms with E-state index >= 15 is 0 Å². The Morgan fingerprint density at radius 2 is 1.83 bits per heavy atom. The minimum absolute atomic E-state index is 0.151. The minimum Gasteiger partial charge on any atom is -0.497 e. The molecule has 3 aromatic rings. The highest BCUT2D eigenvalue weighted by atomic mass is 32.2. The summed E-state index contributed by atoms with van der Waals surface area (Å²) in [6.07, 6.45) is 0. The molecule has 1 aromatic heterocycles. The fraction of sp³-hybridized carbons (Fsp3) is 0.188. The van der Waals surface area contributed by atoms with Crippen LogP contribution in [0.1, 0.15) is 6.92 Å². The van der Waals surface area contributed by atoms with Crippen LogP contribution in [0.2, 0.25) is 0 Å². The molecule has 0 bridgehead atoms. The molecule has 0 aliphatic heterocycles. The molecule has 2 aromatic carbocycles. The minimum atomic E-state index is -3.76. The van der Waals surface area contributed by atoms with Gasteiger partial charge in [-0.3, -0.25) is 0 Å². The smallest absolute Gasteiger partial charge is 0.285 e. The fourth-order valence-electron chi connectivity index (χ4n) is 2.30. The molecule has 0 saturated heterocycles. The molecular weight excluding hydrogens is 332 g/mol. The summed E-state index contributed by atoms with van der Waals surface area (Å²) in [7, 11) is -2.22. The zero-order valence-corrected chi connectivity index (χ0v) is 14.4. The van der Waals surface area contributed by atoms with E-state index < -0.39 is 10.0 Å². The Bertz CT molecular complexity index is 1000. The third kappa shape index (κ3) is 3.02. The van der Waals surface area contributed by atoms with Crippen LogP contribution in [0.15, 0.2) is 57.8 Å². The highest BCUT2D eigenvalue weighted by Crippen LogP contribution is 2.19. The number of hydrogen-bond acceptors (Lipinski definition) is 4. The van der Waals surface area contributed by atoms with E-state index in [0.29, 0.717) is 17.1 Å². The van der Waals surface area contributed by atoms with E-state index in [0.717, 1.165) is 10.2 Å². The van der Waals surface area contributed by atoms with Gasteiger partial charge in [0.15, 0.2) is 0 Å². The summed E-state index contributed by atoms with van der Waals surface area (Å²) in [4.78, 5) is 0.628. The number of ether oxygens (including phenoxy) is 1. The summed E-state index contributed by atoms with van der Waals surface area (Å²) >= 11 is 1.37. The van der Waals surface area contributed by atoms with E-state index in [-0.39, 0.29) is 4.90 Å². The van der Waals surface area contributed by atoms with Gasteiger partial charge in [-0.15, -0.1) is 4.40 Å². The molecule has 0 spiro atoms. The van der Waals surface area contributed by atoms with Crippen LogP contribution < -0.4 is 9.54 Å². The SMILES string of the molecule is CCn1c(=NS(=O)(=O)c2ccc(OC)cc2)sc2ccccc21. The third-order valence-electron chi connectivity index (χ3n) is 3.46. The zero-order valence-electron chi connectivity index (χ0n) is 12.8. The van der Waals surface area contributed by atoms with Crippen molar-refractivity contribution >= 4 is 31.6 Å². The molecule has 1 heterocycles. The van der Waals surface area contributed by atoms with Crippen molar-refractivity contribution in [2.45, 2.75) is 18.4 Å². The first-order valence-corrected chi connectivity index (χ1v) is 9.34. The number of para-hydroxylation sites is 1. The van der Waals surface area contributed by atoms with E-state index in [1.807, 2.05) is 35.8 Å². The maximum absolute atomic E-state index is 12.5. The average Bonchev–Trinajstić information content (AvgIpc) is 2.91. The van der Waals surface area contributed by atoms with Crippen molar-refractivity contribution in [3.05, 3.63) is 53.3 Å². The first kappa shape index (κ1) is 15.8. The van der Waals surface area contributed by atoms with Gasteiger partial charge in [-0.1, -0.05) is 23.5 Å². The summed E-state index contributed by atoms with van der Waals surface area (Å²) in [5.41, 5.74) is 0.990.